The highest BCUT2D eigenvalue weighted by atomic mass is 35.5. The molecule has 0 bridgehead atoms. The molecule has 0 aliphatic heterocycles. The SMILES string of the molecule is [B]OCCNC(c1ccccc1)(c1ccc(C)c(Cl)c1)c1ccc(C)c(Cl)c1. The van der Waals surface area contributed by atoms with E-state index in [0.717, 1.165) is 27.8 Å². The molecule has 2 radical (unpaired) electrons. The van der Waals surface area contributed by atoms with E-state index in [9.17, 15) is 0 Å². The molecule has 0 spiro atoms. The molecule has 0 fully saturated rings. The molecule has 0 saturated carbocycles. The van der Waals surface area contributed by atoms with Gasteiger partial charge in [0.25, 0.3) is 8.05 Å². The first-order chi connectivity index (χ1) is 13.5. The highest BCUT2D eigenvalue weighted by Gasteiger charge is 2.36. The van der Waals surface area contributed by atoms with Gasteiger partial charge in [0.1, 0.15) is 0 Å². The monoisotopic (exact) mass is 409 g/mol. The Labute approximate surface area is 178 Å². The zero-order chi connectivity index (χ0) is 20.1. The lowest BCUT2D eigenvalue weighted by Gasteiger charge is -2.37. The molecule has 0 aliphatic rings. The fourth-order valence-electron chi connectivity index (χ4n) is 3.44. The van der Waals surface area contributed by atoms with Gasteiger partial charge in [0.05, 0.1) is 5.54 Å². The van der Waals surface area contributed by atoms with E-state index in [-0.39, 0.29) is 0 Å². The number of nitrogens with one attached hydrogen (secondary N) is 1. The van der Waals surface area contributed by atoms with Crippen LogP contribution in [0.4, 0.5) is 0 Å². The normalized spacial score (nSPS) is 11.6. The molecular weight excluding hydrogens is 388 g/mol. The smallest absolute Gasteiger partial charge is 0.282 e. The van der Waals surface area contributed by atoms with Gasteiger partial charge in [-0.2, -0.15) is 0 Å². The van der Waals surface area contributed by atoms with Crippen molar-refractivity contribution in [1.29, 1.82) is 0 Å². The number of hydrogen-bond donors (Lipinski definition) is 1. The Morgan fingerprint density at radius 3 is 1.82 bits per heavy atom. The molecule has 1 N–H and O–H groups in total. The fourth-order valence-corrected chi connectivity index (χ4v) is 3.81. The van der Waals surface area contributed by atoms with Gasteiger partial charge in [0.2, 0.25) is 0 Å². The van der Waals surface area contributed by atoms with Crippen LogP contribution in [0.25, 0.3) is 0 Å². The molecule has 0 atom stereocenters. The molecule has 2 nitrogen and oxygen atoms in total. The molecule has 142 valence electrons. The van der Waals surface area contributed by atoms with E-state index >= 15 is 0 Å². The average molecular weight is 410 g/mol. The minimum absolute atomic E-state index is 0.369. The third kappa shape index (κ3) is 4.13. The van der Waals surface area contributed by atoms with Crippen LogP contribution in [0.2, 0.25) is 10.0 Å². The Morgan fingerprint density at radius 1 is 0.821 bits per heavy atom. The van der Waals surface area contributed by atoms with Crippen LogP contribution in [0, 0.1) is 13.8 Å². The van der Waals surface area contributed by atoms with E-state index in [1.807, 2.05) is 56.3 Å². The van der Waals surface area contributed by atoms with Gasteiger partial charge in [0.15, 0.2) is 0 Å². The molecule has 0 saturated heterocycles. The summed E-state index contributed by atoms with van der Waals surface area (Å²) in [5, 5.41) is 5.09. The van der Waals surface area contributed by atoms with Crippen molar-refractivity contribution in [3.63, 3.8) is 0 Å². The molecule has 0 heterocycles. The quantitative estimate of drug-likeness (QED) is 0.312. The van der Waals surface area contributed by atoms with Gasteiger partial charge < -0.3 is 4.65 Å². The van der Waals surface area contributed by atoms with Crippen molar-refractivity contribution in [3.05, 3.63) is 105 Å². The standard InChI is InChI=1S/C23H22BCl2NO/c1-16-8-10-19(14-21(16)25)23(27-12-13-28-24,18-6-4-3-5-7-18)20-11-9-17(2)22(26)15-20/h3-11,14-15,27H,12-13H2,1-2H3. The highest BCUT2D eigenvalue weighted by Crippen LogP contribution is 2.39. The lowest BCUT2D eigenvalue weighted by molar-refractivity contribution is 0.322. The summed E-state index contributed by atoms with van der Waals surface area (Å²) in [5.41, 5.74) is 4.51. The summed E-state index contributed by atoms with van der Waals surface area (Å²) in [6, 6.07) is 22.5. The highest BCUT2D eigenvalue weighted by molar-refractivity contribution is 6.31. The summed E-state index contributed by atoms with van der Waals surface area (Å²) < 4.78 is 4.82. The van der Waals surface area contributed by atoms with Crippen LogP contribution in [-0.2, 0) is 10.2 Å². The Balaban J connectivity index is 2.30. The molecule has 3 aromatic carbocycles. The lowest BCUT2D eigenvalue weighted by Crippen LogP contribution is -2.46. The minimum atomic E-state index is -0.658. The first kappa shape index (κ1) is 20.9. The summed E-state index contributed by atoms with van der Waals surface area (Å²) >= 11 is 13.0. The maximum absolute atomic E-state index is 6.51. The number of halogens is 2. The van der Waals surface area contributed by atoms with Crippen molar-refractivity contribution in [2.45, 2.75) is 19.4 Å². The molecule has 0 amide bonds. The molecular formula is C23H22BCl2NO. The second-order valence-corrected chi connectivity index (χ2v) is 7.66. The third-order valence-electron chi connectivity index (χ3n) is 5.03. The van der Waals surface area contributed by atoms with Crippen molar-refractivity contribution < 1.29 is 4.65 Å². The Kier molecular flexibility index (Phi) is 6.84. The molecule has 0 unspecified atom stereocenters. The van der Waals surface area contributed by atoms with Crippen LogP contribution in [-0.4, -0.2) is 21.2 Å². The van der Waals surface area contributed by atoms with E-state index in [1.54, 1.807) is 0 Å². The molecule has 3 rings (SSSR count). The van der Waals surface area contributed by atoms with Gasteiger partial charge >= 0.3 is 0 Å². The topological polar surface area (TPSA) is 21.3 Å². The molecule has 28 heavy (non-hydrogen) atoms. The van der Waals surface area contributed by atoms with Crippen LogP contribution < -0.4 is 5.32 Å². The van der Waals surface area contributed by atoms with Crippen LogP contribution in [0.5, 0.6) is 0 Å². The molecule has 5 heteroatoms. The Hall–Kier alpha value is -1.78. The minimum Gasteiger partial charge on any atom is -0.446 e. The van der Waals surface area contributed by atoms with Crippen LogP contribution >= 0.6 is 23.2 Å². The first-order valence-electron chi connectivity index (χ1n) is 9.14. The largest absolute Gasteiger partial charge is 0.446 e. The summed E-state index contributed by atoms with van der Waals surface area (Å²) in [6.07, 6.45) is 0. The van der Waals surface area contributed by atoms with Crippen molar-refractivity contribution in [2.24, 2.45) is 0 Å². The number of benzene rings is 3. The van der Waals surface area contributed by atoms with E-state index in [0.29, 0.717) is 23.2 Å². The second-order valence-electron chi connectivity index (χ2n) is 6.84. The zero-order valence-corrected chi connectivity index (χ0v) is 17.5. The van der Waals surface area contributed by atoms with Crippen molar-refractivity contribution in [1.82, 2.24) is 5.32 Å². The second kappa shape index (κ2) is 9.15. The van der Waals surface area contributed by atoms with Crippen molar-refractivity contribution >= 4 is 31.3 Å². The van der Waals surface area contributed by atoms with Gasteiger partial charge in [-0.05, 0) is 53.8 Å². The van der Waals surface area contributed by atoms with E-state index < -0.39 is 5.54 Å². The van der Waals surface area contributed by atoms with Crippen LogP contribution in [0.1, 0.15) is 27.8 Å². The van der Waals surface area contributed by atoms with Gasteiger partial charge in [-0.3, -0.25) is 5.32 Å². The predicted molar refractivity (Wildman–Crippen MR) is 118 cm³/mol. The van der Waals surface area contributed by atoms with Crippen LogP contribution in [0.3, 0.4) is 0 Å². The van der Waals surface area contributed by atoms with Gasteiger partial charge in [-0.15, -0.1) is 0 Å². The Bertz CT molecular complexity index is 895. The van der Waals surface area contributed by atoms with Crippen molar-refractivity contribution in [2.75, 3.05) is 13.2 Å². The van der Waals surface area contributed by atoms with E-state index in [2.05, 4.69) is 29.6 Å². The van der Waals surface area contributed by atoms with Crippen molar-refractivity contribution in [3.8, 4) is 0 Å². The number of aryl methyl sites for hydroxylation is 2. The van der Waals surface area contributed by atoms with Gasteiger partial charge in [0, 0.05) is 23.2 Å². The maximum Gasteiger partial charge on any atom is 0.282 e. The Morgan fingerprint density at radius 2 is 1.36 bits per heavy atom. The summed E-state index contributed by atoms with van der Waals surface area (Å²) in [7, 11) is 5.28. The average Bonchev–Trinajstić information content (AvgIpc) is 2.71. The number of hydrogen-bond acceptors (Lipinski definition) is 2. The van der Waals surface area contributed by atoms with E-state index in [4.69, 9.17) is 35.9 Å². The lowest BCUT2D eigenvalue weighted by atomic mass is 9.76. The van der Waals surface area contributed by atoms with Gasteiger partial charge in [-0.25, -0.2) is 0 Å². The third-order valence-corrected chi connectivity index (χ3v) is 5.84. The molecule has 0 aliphatic carbocycles. The summed E-state index contributed by atoms with van der Waals surface area (Å²) in [4.78, 5) is 0. The molecule has 0 aromatic heterocycles. The first-order valence-corrected chi connectivity index (χ1v) is 9.90. The molecule has 3 aromatic rings. The summed E-state index contributed by atoms with van der Waals surface area (Å²) in [5.74, 6) is 0. The summed E-state index contributed by atoms with van der Waals surface area (Å²) in [6.45, 7) is 4.90. The van der Waals surface area contributed by atoms with Gasteiger partial charge in [-0.1, -0.05) is 77.8 Å². The zero-order valence-electron chi connectivity index (χ0n) is 16.0. The van der Waals surface area contributed by atoms with Crippen LogP contribution in [0.15, 0.2) is 66.7 Å². The predicted octanol–water partition coefficient (Wildman–Crippen LogP) is 5.59. The fraction of sp³-hybridized carbons (Fsp3) is 0.217. The number of rotatable bonds is 7. The van der Waals surface area contributed by atoms with E-state index in [1.165, 1.54) is 0 Å². The maximum atomic E-state index is 6.51.